The quantitative estimate of drug-likeness (QED) is 0.250. The summed E-state index contributed by atoms with van der Waals surface area (Å²) in [5.41, 5.74) is 2.39. The molecule has 11 heteroatoms. The number of rotatable bonds is 14. The Balaban J connectivity index is 1.43. The summed E-state index contributed by atoms with van der Waals surface area (Å²) in [5, 5.41) is 6.02. The third kappa shape index (κ3) is 7.85. The van der Waals surface area contributed by atoms with E-state index in [0.717, 1.165) is 68.5 Å². The van der Waals surface area contributed by atoms with Crippen LogP contribution >= 0.6 is 0 Å². The summed E-state index contributed by atoms with van der Waals surface area (Å²) in [7, 11) is 2.21. The molecule has 1 aliphatic heterocycles. The van der Waals surface area contributed by atoms with Crippen molar-refractivity contribution in [1.82, 2.24) is 19.8 Å². The van der Waals surface area contributed by atoms with E-state index in [9.17, 15) is 18.0 Å². The Morgan fingerprint density at radius 3 is 2.55 bits per heavy atom. The monoisotopic (exact) mass is 589 g/mol. The molecule has 1 aromatic carbocycles. The van der Waals surface area contributed by atoms with Crippen LogP contribution < -0.4 is 15.5 Å². The van der Waals surface area contributed by atoms with Gasteiger partial charge in [0.2, 0.25) is 11.9 Å². The highest BCUT2D eigenvalue weighted by molar-refractivity contribution is 5.76. The third-order valence-electron chi connectivity index (χ3n) is 8.49. The fourth-order valence-electron chi connectivity index (χ4n) is 5.66. The molecule has 1 spiro atoms. The maximum Gasteiger partial charge on any atom is 0.421 e. The second kappa shape index (κ2) is 13.9. The van der Waals surface area contributed by atoms with Crippen molar-refractivity contribution in [3.8, 4) is 0 Å². The number of piperazine rings is 1. The molecule has 2 heterocycles. The Labute approximate surface area is 248 Å². The molecule has 4 rings (SSSR count). The Hall–Kier alpha value is -3.08. The van der Waals surface area contributed by atoms with Crippen molar-refractivity contribution in [2.24, 2.45) is 0 Å². The third-order valence-corrected chi connectivity index (χ3v) is 8.49. The van der Waals surface area contributed by atoms with Gasteiger partial charge in [0.25, 0.3) is 0 Å². The largest absolute Gasteiger partial charge is 0.421 e. The molecule has 1 aliphatic carbocycles. The van der Waals surface area contributed by atoms with Crippen LogP contribution in [0.25, 0.3) is 0 Å². The number of nitrogens with one attached hydrogen (secondary N) is 2. The van der Waals surface area contributed by atoms with E-state index in [2.05, 4.69) is 56.5 Å². The van der Waals surface area contributed by atoms with Crippen LogP contribution in [0.5, 0.6) is 0 Å². The van der Waals surface area contributed by atoms with Crippen molar-refractivity contribution in [2.45, 2.75) is 83.9 Å². The van der Waals surface area contributed by atoms with E-state index in [1.54, 1.807) is 4.90 Å². The summed E-state index contributed by atoms with van der Waals surface area (Å²) in [4.78, 5) is 27.4. The van der Waals surface area contributed by atoms with Gasteiger partial charge in [0.1, 0.15) is 11.4 Å². The van der Waals surface area contributed by atoms with E-state index in [1.165, 1.54) is 12.8 Å². The Morgan fingerprint density at radius 2 is 1.88 bits per heavy atom. The molecule has 2 aliphatic rings. The van der Waals surface area contributed by atoms with Crippen LogP contribution in [0.3, 0.4) is 0 Å². The molecule has 2 aromatic rings. The van der Waals surface area contributed by atoms with Gasteiger partial charge in [-0.05, 0) is 69.3 Å². The van der Waals surface area contributed by atoms with Crippen LogP contribution in [0.4, 0.5) is 36.3 Å². The van der Waals surface area contributed by atoms with Gasteiger partial charge >= 0.3 is 6.18 Å². The SMILES string of the molecule is CCCCC(=O)N(CCC)CCCNc1nc(Nc2ccc(N3CCN(C)C4(CC4)C3)cc2CC)ncc1C(F)(F)F. The maximum absolute atomic E-state index is 13.8. The fourth-order valence-corrected chi connectivity index (χ4v) is 5.66. The van der Waals surface area contributed by atoms with Crippen molar-refractivity contribution in [3.05, 3.63) is 35.5 Å². The van der Waals surface area contributed by atoms with Gasteiger partial charge in [0, 0.05) is 68.8 Å². The van der Waals surface area contributed by atoms with Crippen LogP contribution in [0.1, 0.15) is 76.8 Å². The lowest BCUT2D eigenvalue weighted by atomic mass is 10.1. The summed E-state index contributed by atoms with van der Waals surface area (Å²) < 4.78 is 41.4. The molecule has 1 saturated heterocycles. The molecule has 0 bridgehead atoms. The van der Waals surface area contributed by atoms with Crippen molar-refractivity contribution in [2.75, 3.05) is 61.8 Å². The Kier molecular flexibility index (Phi) is 10.6. The van der Waals surface area contributed by atoms with Gasteiger partial charge in [-0.1, -0.05) is 27.2 Å². The lowest BCUT2D eigenvalue weighted by molar-refractivity contribution is -0.137. The average molecular weight is 590 g/mol. The molecule has 232 valence electrons. The highest BCUT2D eigenvalue weighted by atomic mass is 19.4. The number of unbranched alkanes of at least 4 members (excludes halogenated alkanes) is 1. The molecule has 42 heavy (non-hydrogen) atoms. The molecular formula is C31H46F3N7O. The van der Waals surface area contributed by atoms with Gasteiger partial charge < -0.3 is 20.4 Å². The van der Waals surface area contributed by atoms with Gasteiger partial charge in [-0.15, -0.1) is 0 Å². The van der Waals surface area contributed by atoms with Crippen molar-refractivity contribution in [3.63, 3.8) is 0 Å². The lowest BCUT2D eigenvalue weighted by Crippen LogP contribution is -2.53. The molecule has 1 aromatic heterocycles. The number of anilines is 4. The van der Waals surface area contributed by atoms with Crippen LogP contribution in [-0.4, -0.2) is 77.5 Å². The highest BCUT2D eigenvalue weighted by Gasteiger charge is 2.49. The summed E-state index contributed by atoms with van der Waals surface area (Å²) in [6.45, 7) is 10.5. The zero-order valence-corrected chi connectivity index (χ0v) is 25.5. The topological polar surface area (TPSA) is 76.6 Å². The average Bonchev–Trinajstić information content (AvgIpc) is 3.74. The first-order valence-electron chi connectivity index (χ1n) is 15.4. The molecule has 0 radical (unpaired) electrons. The first kappa shape index (κ1) is 31.8. The standard InChI is InChI=1S/C31H46F3N7O/c1-5-8-10-27(42)40(16-6-2)17-9-15-35-28-25(31(32,33)34)21-36-29(38-28)37-26-12-11-24(20-23(26)7-3)41-19-18-39(4)30(22-41)13-14-30/h11-12,20-21H,5-10,13-19,22H2,1-4H3,(H2,35,36,37,38). The number of likely N-dealkylation sites (N-methyl/N-ethyl adjacent to an activating group) is 1. The first-order valence-corrected chi connectivity index (χ1v) is 15.4. The van der Waals surface area contributed by atoms with E-state index in [-0.39, 0.29) is 24.2 Å². The number of carbonyl (C=O) groups is 1. The second-order valence-corrected chi connectivity index (χ2v) is 11.6. The number of nitrogens with zero attached hydrogens (tertiary/aromatic N) is 5. The van der Waals surface area contributed by atoms with Crippen molar-refractivity contribution >= 4 is 29.0 Å². The van der Waals surface area contributed by atoms with E-state index >= 15 is 0 Å². The number of alkyl halides is 3. The molecule has 2 fully saturated rings. The molecule has 0 unspecified atom stereocenters. The minimum atomic E-state index is -4.59. The van der Waals surface area contributed by atoms with Crippen molar-refractivity contribution in [1.29, 1.82) is 0 Å². The molecular weight excluding hydrogens is 543 g/mol. The number of amides is 1. The van der Waals surface area contributed by atoms with Gasteiger partial charge in [0.15, 0.2) is 0 Å². The van der Waals surface area contributed by atoms with Gasteiger partial charge in [-0.3, -0.25) is 9.69 Å². The molecule has 0 atom stereocenters. The van der Waals surface area contributed by atoms with E-state index in [1.807, 2.05) is 19.9 Å². The molecule has 2 N–H and O–H groups in total. The zero-order chi connectivity index (χ0) is 30.3. The maximum atomic E-state index is 13.8. The van der Waals surface area contributed by atoms with E-state index < -0.39 is 11.7 Å². The summed E-state index contributed by atoms with van der Waals surface area (Å²) in [6.07, 6.45) is 3.08. The van der Waals surface area contributed by atoms with Crippen LogP contribution in [0.2, 0.25) is 0 Å². The predicted octanol–water partition coefficient (Wildman–Crippen LogP) is 6.32. The second-order valence-electron chi connectivity index (χ2n) is 11.6. The number of halogens is 3. The Bertz CT molecular complexity index is 1200. The summed E-state index contributed by atoms with van der Waals surface area (Å²) in [5.74, 6) is -0.0614. The van der Waals surface area contributed by atoms with Crippen molar-refractivity contribution < 1.29 is 18.0 Å². The normalized spacial score (nSPS) is 16.5. The molecule has 1 saturated carbocycles. The first-order chi connectivity index (χ1) is 20.1. The van der Waals surface area contributed by atoms with E-state index in [0.29, 0.717) is 31.5 Å². The fraction of sp³-hybridized carbons (Fsp3) is 0.645. The van der Waals surface area contributed by atoms with Gasteiger partial charge in [-0.2, -0.15) is 18.2 Å². The number of hydrogen-bond acceptors (Lipinski definition) is 7. The van der Waals surface area contributed by atoms with E-state index in [4.69, 9.17) is 0 Å². The summed E-state index contributed by atoms with van der Waals surface area (Å²) >= 11 is 0. The number of benzene rings is 1. The minimum absolute atomic E-state index is 0.0978. The number of hydrogen-bond donors (Lipinski definition) is 2. The van der Waals surface area contributed by atoms with Crippen LogP contribution in [0.15, 0.2) is 24.4 Å². The van der Waals surface area contributed by atoms with Gasteiger partial charge in [-0.25, -0.2) is 4.98 Å². The predicted molar refractivity (Wildman–Crippen MR) is 162 cm³/mol. The number of carbonyl (C=O) groups excluding carboxylic acids is 1. The number of aryl methyl sites for hydroxylation is 1. The van der Waals surface area contributed by atoms with Crippen LogP contribution in [-0.2, 0) is 17.4 Å². The molecule has 8 nitrogen and oxygen atoms in total. The molecule has 1 amide bonds. The Morgan fingerprint density at radius 1 is 1.10 bits per heavy atom. The highest BCUT2D eigenvalue weighted by Crippen LogP contribution is 2.44. The number of aromatic nitrogens is 2. The minimum Gasteiger partial charge on any atom is -0.369 e. The van der Waals surface area contributed by atoms with Crippen LogP contribution in [0, 0.1) is 0 Å². The smallest absolute Gasteiger partial charge is 0.369 e. The van der Waals surface area contributed by atoms with Gasteiger partial charge in [0.05, 0.1) is 0 Å². The lowest BCUT2D eigenvalue weighted by Gasteiger charge is -2.41. The summed E-state index contributed by atoms with van der Waals surface area (Å²) in [6, 6.07) is 6.20. The zero-order valence-electron chi connectivity index (χ0n) is 25.5.